The van der Waals surface area contributed by atoms with Gasteiger partial charge in [-0.05, 0) is 56.7 Å². The minimum Gasteiger partial charge on any atom is -0.341 e. The van der Waals surface area contributed by atoms with E-state index in [9.17, 15) is 9.59 Å². The van der Waals surface area contributed by atoms with Crippen molar-refractivity contribution in [1.29, 1.82) is 0 Å². The molecule has 130 valence electrons. The van der Waals surface area contributed by atoms with Crippen LogP contribution in [0.4, 0.5) is 0 Å². The number of piperidine rings is 1. The summed E-state index contributed by atoms with van der Waals surface area (Å²) in [6.07, 6.45) is 7.63. The van der Waals surface area contributed by atoms with E-state index in [4.69, 9.17) is 11.6 Å². The zero-order valence-corrected chi connectivity index (χ0v) is 14.5. The summed E-state index contributed by atoms with van der Waals surface area (Å²) in [5, 5.41) is 7.34. The number of hydrogen-bond acceptors (Lipinski definition) is 4. The summed E-state index contributed by atoms with van der Waals surface area (Å²) in [6, 6.07) is 0.264. The SMILES string of the molecule is O=C(Cl)c1cnn(C2CCN(C(=O)[C@@H]3CCCN3)CC2)c1C1CC1. The van der Waals surface area contributed by atoms with Gasteiger partial charge in [-0.25, -0.2) is 0 Å². The molecule has 1 aromatic heterocycles. The Hall–Kier alpha value is -1.40. The molecule has 0 aromatic carbocycles. The molecule has 1 atom stereocenters. The van der Waals surface area contributed by atoms with Gasteiger partial charge in [-0.1, -0.05) is 0 Å². The molecule has 1 aliphatic carbocycles. The van der Waals surface area contributed by atoms with Gasteiger partial charge in [-0.2, -0.15) is 5.10 Å². The van der Waals surface area contributed by atoms with E-state index in [1.165, 1.54) is 0 Å². The van der Waals surface area contributed by atoms with Crippen LogP contribution in [0.5, 0.6) is 0 Å². The van der Waals surface area contributed by atoms with Crippen LogP contribution in [0, 0.1) is 0 Å². The highest BCUT2D eigenvalue weighted by Gasteiger charge is 2.36. The van der Waals surface area contributed by atoms with Gasteiger partial charge in [0.1, 0.15) is 0 Å². The molecule has 1 aromatic rings. The van der Waals surface area contributed by atoms with Crippen molar-refractivity contribution in [2.75, 3.05) is 19.6 Å². The summed E-state index contributed by atoms with van der Waals surface area (Å²) in [5.41, 5.74) is 1.57. The van der Waals surface area contributed by atoms with Gasteiger partial charge in [0.05, 0.1) is 29.5 Å². The Balaban J connectivity index is 1.44. The predicted octanol–water partition coefficient (Wildman–Crippen LogP) is 2.05. The highest BCUT2D eigenvalue weighted by molar-refractivity contribution is 6.67. The number of likely N-dealkylation sites (tertiary alicyclic amines) is 1. The second kappa shape index (κ2) is 6.48. The predicted molar refractivity (Wildman–Crippen MR) is 90.3 cm³/mol. The fourth-order valence-electron chi connectivity index (χ4n) is 4.02. The first-order valence-electron chi connectivity index (χ1n) is 8.94. The molecule has 3 heterocycles. The second-order valence-electron chi connectivity index (χ2n) is 7.14. The first-order valence-corrected chi connectivity index (χ1v) is 9.32. The van der Waals surface area contributed by atoms with Crippen molar-refractivity contribution >= 4 is 22.8 Å². The van der Waals surface area contributed by atoms with Crippen LogP contribution in [0.15, 0.2) is 6.20 Å². The van der Waals surface area contributed by atoms with E-state index in [2.05, 4.69) is 10.4 Å². The van der Waals surface area contributed by atoms with E-state index < -0.39 is 5.24 Å². The van der Waals surface area contributed by atoms with E-state index in [0.29, 0.717) is 11.5 Å². The van der Waals surface area contributed by atoms with Gasteiger partial charge in [0.15, 0.2) is 0 Å². The molecule has 2 aliphatic heterocycles. The van der Waals surface area contributed by atoms with Crippen LogP contribution in [0.3, 0.4) is 0 Å². The lowest BCUT2D eigenvalue weighted by atomic mass is 10.0. The highest BCUT2D eigenvalue weighted by atomic mass is 35.5. The third kappa shape index (κ3) is 2.97. The number of nitrogens with zero attached hydrogens (tertiary/aromatic N) is 3. The van der Waals surface area contributed by atoms with Crippen molar-refractivity contribution in [3.05, 3.63) is 17.5 Å². The molecule has 4 rings (SSSR count). The lowest BCUT2D eigenvalue weighted by molar-refractivity contribution is -0.134. The van der Waals surface area contributed by atoms with Gasteiger partial charge in [-0.3, -0.25) is 14.3 Å². The van der Waals surface area contributed by atoms with Gasteiger partial charge >= 0.3 is 0 Å². The summed E-state index contributed by atoms with van der Waals surface area (Å²) in [6.45, 7) is 2.46. The zero-order chi connectivity index (χ0) is 16.7. The summed E-state index contributed by atoms with van der Waals surface area (Å²) in [4.78, 5) is 26.1. The van der Waals surface area contributed by atoms with E-state index in [1.54, 1.807) is 6.20 Å². The lowest BCUT2D eigenvalue weighted by Crippen LogP contribution is -2.47. The molecule has 7 heteroatoms. The van der Waals surface area contributed by atoms with Crippen LogP contribution in [0.2, 0.25) is 0 Å². The average molecular weight is 351 g/mol. The maximum atomic E-state index is 12.5. The number of aromatic nitrogens is 2. The third-order valence-corrected chi connectivity index (χ3v) is 5.69. The number of halogens is 1. The van der Waals surface area contributed by atoms with Crippen molar-refractivity contribution in [1.82, 2.24) is 20.0 Å². The van der Waals surface area contributed by atoms with Gasteiger partial charge in [0.2, 0.25) is 5.91 Å². The first-order chi connectivity index (χ1) is 11.6. The fraction of sp³-hybridized carbons (Fsp3) is 0.706. The van der Waals surface area contributed by atoms with Crippen LogP contribution in [-0.2, 0) is 4.79 Å². The van der Waals surface area contributed by atoms with E-state index in [1.807, 2.05) is 9.58 Å². The Morgan fingerprint density at radius 2 is 1.92 bits per heavy atom. The molecule has 0 radical (unpaired) electrons. The normalized spacial score (nSPS) is 25.2. The Bertz CT molecular complexity index is 641. The molecule has 1 saturated carbocycles. The van der Waals surface area contributed by atoms with Gasteiger partial charge < -0.3 is 10.2 Å². The molecule has 1 N–H and O–H groups in total. The van der Waals surface area contributed by atoms with Crippen molar-refractivity contribution in [2.45, 2.75) is 56.5 Å². The van der Waals surface area contributed by atoms with Crippen molar-refractivity contribution in [3.63, 3.8) is 0 Å². The van der Waals surface area contributed by atoms with Crippen molar-refractivity contribution < 1.29 is 9.59 Å². The maximum Gasteiger partial charge on any atom is 0.255 e. The number of carbonyl (C=O) groups is 2. The fourth-order valence-corrected chi connectivity index (χ4v) is 4.17. The van der Waals surface area contributed by atoms with Crippen LogP contribution in [0.25, 0.3) is 0 Å². The Labute approximate surface area is 146 Å². The Kier molecular flexibility index (Phi) is 4.35. The summed E-state index contributed by atoms with van der Waals surface area (Å²) >= 11 is 5.72. The summed E-state index contributed by atoms with van der Waals surface area (Å²) in [7, 11) is 0. The summed E-state index contributed by atoms with van der Waals surface area (Å²) in [5.74, 6) is 0.665. The topological polar surface area (TPSA) is 67.2 Å². The third-order valence-electron chi connectivity index (χ3n) is 5.49. The van der Waals surface area contributed by atoms with Crippen LogP contribution < -0.4 is 5.32 Å². The van der Waals surface area contributed by atoms with Gasteiger partial charge in [0.25, 0.3) is 5.24 Å². The lowest BCUT2D eigenvalue weighted by Gasteiger charge is -2.34. The molecule has 6 nitrogen and oxygen atoms in total. The quantitative estimate of drug-likeness (QED) is 0.844. The van der Waals surface area contributed by atoms with Gasteiger partial charge in [-0.15, -0.1) is 0 Å². The molecule has 24 heavy (non-hydrogen) atoms. The average Bonchev–Trinajstić information content (AvgIpc) is 3.12. The minimum atomic E-state index is -0.414. The Morgan fingerprint density at radius 3 is 2.50 bits per heavy atom. The summed E-state index contributed by atoms with van der Waals surface area (Å²) < 4.78 is 2.02. The smallest absolute Gasteiger partial charge is 0.255 e. The van der Waals surface area contributed by atoms with E-state index in [-0.39, 0.29) is 18.0 Å². The number of hydrogen-bond donors (Lipinski definition) is 1. The molecule has 3 fully saturated rings. The van der Waals surface area contributed by atoms with Crippen molar-refractivity contribution in [2.24, 2.45) is 0 Å². The molecule has 3 aliphatic rings. The number of rotatable bonds is 4. The molecule has 0 unspecified atom stereocenters. The first kappa shape index (κ1) is 16.1. The largest absolute Gasteiger partial charge is 0.341 e. The van der Waals surface area contributed by atoms with Crippen molar-refractivity contribution in [3.8, 4) is 0 Å². The van der Waals surface area contributed by atoms with Crippen LogP contribution in [0.1, 0.15) is 66.5 Å². The zero-order valence-electron chi connectivity index (χ0n) is 13.7. The van der Waals surface area contributed by atoms with Crippen LogP contribution in [-0.4, -0.2) is 51.5 Å². The second-order valence-corrected chi connectivity index (χ2v) is 7.48. The number of amides is 1. The number of nitrogens with one attached hydrogen (secondary N) is 1. The molecular weight excluding hydrogens is 328 g/mol. The van der Waals surface area contributed by atoms with Crippen LogP contribution >= 0.6 is 11.6 Å². The highest BCUT2D eigenvalue weighted by Crippen LogP contribution is 2.43. The van der Waals surface area contributed by atoms with E-state index >= 15 is 0 Å². The molecule has 1 amide bonds. The maximum absolute atomic E-state index is 12.5. The number of carbonyl (C=O) groups excluding carboxylic acids is 2. The Morgan fingerprint density at radius 1 is 1.17 bits per heavy atom. The molecule has 0 spiro atoms. The molecule has 2 saturated heterocycles. The standard InChI is InChI=1S/C17H23ClN4O2/c18-16(23)13-10-20-22(15(13)11-3-4-11)12-5-8-21(9-6-12)17(24)14-2-1-7-19-14/h10-12,14,19H,1-9H2/t14-/m0/s1. The minimum absolute atomic E-state index is 0.00810. The molecule has 0 bridgehead atoms. The molecular formula is C17H23ClN4O2. The van der Waals surface area contributed by atoms with Gasteiger partial charge in [0, 0.05) is 19.0 Å². The van der Waals surface area contributed by atoms with E-state index in [0.717, 1.165) is 63.9 Å². The monoisotopic (exact) mass is 350 g/mol.